The predicted octanol–water partition coefficient (Wildman–Crippen LogP) is 1.68. The summed E-state index contributed by atoms with van der Waals surface area (Å²) >= 11 is 0. The molecule has 0 aromatic heterocycles. The van der Waals surface area contributed by atoms with Crippen LogP contribution in [0, 0.1) is 0 Å². The van der Waals surface area contributed by atoms with E-state index >= 15 is 0 Å². The summed E-state index contributed by atoms with van der Waals surface area (Å²) in [6.45, 7) is 2.58. The van der Waals surface area contributed by atoms with Crippen LogP contribution >= 0.6 is 0 Å². The molecule has 1 fully saturated rings. The Hall–Kier alpha value is -2.44. The molecule has 0 bridgehead atoms. The summed E-state index contributed by atoms with van der Waals surface area (Å²) in [5.41, 5.74) is 1.39. The van der Waals surface area contributed by atoms with E-state index in [1.165, 1.54) is 19.3 Å². The molecule has 6 heteroatoms. The Morgan fingerprint density at radius 1 is 0.960 bits per heavy atom. The first-order valence-corrected chi connectivity index (χ1v) is 8.15. The molecule has 25 heavy (non-hydrogen) atoms. The Labute approximate surface area is 146 Å². The van der Waals surface area contributed by atoms with Gasteiger partial charge in [0.05, 0.1) is 33.5 Å². The first-order chi connectivity index (χ1) is 12.1. The second-order valence-electron chi connectivity index (χ2n) is 5.86. The third-order valence-corrected chi connectivity index (χ3v) is 4.43. The van der Waals surface area contributed by atoms with Crippen LogP contribution in [0.25, 0.3) is 0 Å². The van der Waals surface area contributed by atoms with Gasteiger partial charge in [0, 0.05) is 24.7 Å². The van der Waals surface area contributed by atoms with Crippen molar-refractivity contribution in [1.82, 2.24) is 4.90 Å². The van der Waals surface area contributed by atoms with E-state index in [1.807, 2.05) is 24.3 Å². The average Bonchev–Trinajstić information content (AvgIpc) is 2.66. The monoisotopic (exact) mass is 343 g/mol. The molecule has 2 aliphatic rings. The molecule has 0 N–H and O–H groups in total. The topological polar surface area (TPSA) is 65.1 Å². The Bertz CT molecular complexity index is 714. The lowest BCUT2D eigenvalue weighted by molar-refractivity contribution is -0.117. The van der Waals surface area contributed by atoms with E-state index in [2.05, 4.69) is 4.90 Å². The maximum Gasteiger partial charge on any atom is 0.220 e. The summed E-state index contributed by atoms with van der Waals surface area (Å²) in [6, 6.07) is 7.25. The zero-order valence-electron chi connectivity index (χ0n) is 14.4. The highest BCUT2D eigenvalue weighted by molar-refractivity contribution is 6.19. The van der Waals surface area contributed by atoms with Crippen LogP contribution in [0.15, 0.2) is 47.7 Å². The minimum Gasteiger partial charge on any atom is -0.497 e. The van der Waals surface area contributed by atoms with Crippen molar-refractivity contribution in [3.63, 3.8) is 0 Å². The maximum absolute atomic E-state index is 12.6. The van der Waals surface area contributed by atoms with Gasteiger partial charge >= 0.3 is 0 Å². The first-order valence-electron chi connectivity index (χ1n) is 8.15. The smallest absolute Gasteiger partial charge is 0.220 e. The summed E-state index contributed by atoms with van der Waals surface area (Å²) in [4.78, 5) is 27.0. The van der Waals surface area contributed by atoms with Crippen molar-refractivity contribution in [2.75, 3.05) is 40.5 Å². The molecule has 0 amide bonds. The Morgan fingerprint density at radius 3 is 2.24 bits per heavy atom. The van der Waals surface area contributed by atoms with Crippen LogP contribution in [0.3, 0.4) is 0 Å². The lowest BCUT2D eigenvalue weighted by Gasteiger charge is -2.36. The second-order valence-corrected chi connectivity index (χ2v) is 5.86. The molecule has 6 nitrogen and oxygen atoms in total. The Kier molecular flexibility index (Phi) is 5.31. The normalized spacial score (nSPS) is 19.9. The molecule has 3 rings (SSSR count). The number of hydrogen-bond acceptors (Lipinski definition) is 6. The van der Waals surface area contributed by atoms with Crippen LogP contribution in [-0.2, 0) is 19.1 Å². The zero-order valence-corrected chi connectivity index (χ0v) is 14.4. The van der Waals surface area contributed by atoms with Crippen LogP contribution in [0.2, 0.25) is 0 Å². The van der Waals surface area contributed by atoms with E-state index in [-0.39, 0.29) is 23.4 Å². The van der Waals surface area contributed by atoms with Gasteiger partial charge < -0.3 is 14.2 Å². The number of nitrogens with zero attached hydrogens (tertiary/aromatic N) is 1. The Balaban J connectivity index is 1.98. The van der Waals surface area contributed by atoms with Gasteiger partial charge in [0.15, 0.2) is 11.5 Å². The largest absolute Gasteiger partial charge is 0.497 e. The lowest BCUT2D eigenvalue weighted by atomic mass is 9.89. The standard InChI is InChI=1S/C19H21NO5/c1-23-14-5-3-13(4-6-14)19(20-7-9-25-10-8-20)15-11-17(22)18(24-2)12-16(15)21/h3-6,11-12,19H,7-10H2,1-2H3/t19-/m1/s1. The summed E-state index contributed by atoms with van der Waals surface area (Å²) in [5.74, 6) is 0.322. The minimum atomic E-state index is -0.305. The van der Waals surface area contributed by atoms with Gasteiger partial charge in [0.25, 0.3) is 0 Å². The van der Waals surface area contributed by atoms with Crippen molar-refractivity contribution in [3.05, 3.63) is 53.3 Å². The van der Waals surface area contributed by atoms with Gasteiger partial charge in [-0.2, -0.15) is 0 Å². The highest BCUT2D eigenvalue weighted by Gasteiger charge is 2.32. The fraction of sp³-hybridized carbons (Fsp3) is 0.368. The van der Waals surface area contributed by atoms with Gasteiger partial charge in [-0.05, 0) is 23.8 Å². The van der Waals surface area contributed by atoms with Gasteiger partial charge in [-0.25, -0.2) is 0 Å². The molecule has 1 atom stereocenters. The van der Waals surface area contributed by atoms with Crippen molar-refractivity contribution in [1.29, 1.82) is 0 Å². The highest BCUT2D eigenvalue weighted by atomic mass is 16.5. The maximum atomic E-state index is 12.6. The summed E-state index contributed by atoms with van der Waals surface area (Å²) in [7, 11) is 3.00. The van der Waals surface area contributed by atoms with Crippen molar-refractivity contribution in [3.8, 4) is 5.75 Å². The number of carbonyl (C=O) groups excluding carboxylic acids is 2. The number of methoxy groups -OCH3 is 2. The minimum absolute atomic E-state index is 0.0733. The van der Waals surface area contributed by atoms with Crippen LogP contribution in [0.4, 0.5) is 0 Å². The number of hydrogen-bond donors (Lipinski definition) is 0. The van der Waals surface area contributed by atoms with Crippen LogP contribution in [0.1, 0.15) is 11.6 Å². The second kappa shape index (κ2) is 7.63. The van der Waals surface area contributed by atoms with Crippen molar-refractivity contribution in [2.45, 2.75) is 6.04 Å². The molecular formula is C19H21NO5. The average molecular weight is 343 g/mol. The molecule has 0 spiro atoms. The van der Waals surface area contributed by atoms with E-state index in [4.69, 9.17) is 14.2 Å². The SMILES string of the molecule is COC1=CC(=O)C([C@@H](c2ccc(OC)cc2)N2CCOCC2)=CC1=O. The molecule has 1 aromatic carbocycles. The quantitative estimate of drug-likeness (QED) is 0.758. The summed E-state index contributed by atoms with van der Waals surface area (Å²) in [5, 5.41) is 0. The highest BCUT2D eigenvalue weighted by Crippen LogP contribution is 2.33. The van der Waals surface area contributed by atoms with E-state index in [0.29, 0.717) is 31.9 Å². The molecule has 1 heterocycles. The third-order valence-electron chi connectivity index (χ3n) is 4.43. The number of benzene rings is 1. The zero-order chi connectivity index (χ0) is 17.8. The van der Waals surface area contributed by atoms with Crippen LogP contribution in [0.5, 0.6) is 5.75 Å². The molecule has 0 unspecified atom stereocenters. The van der Waals surface area contributed by atoms with Crippen LogP contribution in [-0.4, -0.2) is 57.0 Å². The van der Waals surface area contributed by atoms with Gasteiger partial charge in [-0.15, -0.1) is 0 Å². The Morgan fingerprint density at radius 2 is 1.64 bits per heavy atom. The van der Waals surface area contributed by atoms with Gasteiger partial charge in [0.2, 0.25) is 5.78 Å². The van der Waals surface area contributed by atoms with E-state index in [9.17, 15) is 9.59 Å². The predicted molar refractivity (Wildman–Crippen MR) is 91.3 cm³/mol. The van der Waals surface area contributed by atoms with Gasteiger partial charge in [0.1, 0.15) is 5.75 Å². The van der Waals surface area contributed by atoms with Crippen molar-refractivity contribution < 1.29 is 23.8 Å². The number of morpholine rings is 1. The molecule has 1 aliphatic carbocycles. The molecule has 0 saturated carbocycles. The summed E-state index contributed by atoms with van der Waals surface area (Å²) < 4.78 is 15.6. The van der Waals surface area contributed by atoms with E-state index in [1.54, 1.807) is 7.11 Å². The molecule has 1 aromatic rings. The molecule has 1 aliphatic heterocycles. The molecule has 132 valence electrons. The number of allylic oxidation sites excluding steroid dienone is 2. The number of ether oxygens (including phenoxy) is 3. The first kappa shape index (κ1) is 17.4. The van der Waals surface area contributed by atoms with Crippen molar-refractivity contribution >= 4 is 11.6 Å². The molecular weight excluding hydrogens is 322 g/mol. The molecule has 0 radical (unpaired) electrons. The van der Waals surface area contributed by atoms with E-state index < -0.39 is 0 Å². The van der Waals surface area contributed by atoms with Crippen molar-refractivity contribution in [2.24, 2.45) is 0 Å². The van der Waals surface area contributed by atoms with Gasteiger partial charge in [-0.1, -0.05) is 12.1 Å². The van der Waals surface area contributed by atoms with Gasteiger partial charge in [-0.3, -0.25) is 14.5 Å². The van der Waals surface area contributed by atoms with Crippen LogP contribution < -0.4 is 4.74 Å². The third kappa shape index (κ3) is 3.65. The number of ketones is 2. The lowest BCUT2D eigenvalue weighted by Crippen LogP contribution is -2.41. The fourth-order valence-corrected chi connectivity index (χ4v) is 3.14. The number of carbonyl (C=O) groups is 2. The number of rotatable bonds is 5. The fourth-order valence-electron chi connectivity index (χ4n) is 3.14. The molecule has 1 saturated heterocycles. The van der Waals surface area contributed by atoms with E-state index in [0.717, 1.165) is 11.3 Å². The summed E-state index contributed by atoms with van der Waals surface area (Å²) in [6.07, 6.45) is 2.67.